The lowest BCUT2D eigenvalue weighted by molar-refractivity contribution is 0.0699. The van der Waals surface area contributed by atoms with Crippen LogP contribution in [0.25, 0.3) is 0 Å². The molecule has 21 heavy (non-hydrogen) atoms. The first-order valence-corrected chi connectivity index (χ1v) is 6.90. The number of aromatic nitrogens is 2. The number of β-amino-alcohol motifs (C(OH)–C–C–N with tert-alkyl or cyclic N) is 1. The van der Waals surface area contributed by atoms with E-state index in [-0.39, 0.29) is 31.6 Å². The number of rotatable bonds is 0. The van der Waals surface area contributed by atoms with Crippen LogP contribution < -0.4 is 0 Å². The van der Waals surface area contributed by atoms with Gasteiger partial charge in [0.2, 0.25) is 0 Å². The second-order valence-electron chi connectivity index (χ2n) is 5.76. The highest BCUT2D eigenvalue weighted by atomic mass is 16.4. The van der Waals surface area contributed by atoms with Crippen molar-refractivity contribution >= 4 is 12.0 Å². The zero-order chi connectivity index (χ0) is 15.3. The van der Waals surface area contributed by atoms with Gasteiger partial charge in [0, 0.05) is 31.6 Å². The van der Waals surface area contributed by atoms with E-state index in [9.17, 15) is 19.8 Å². The molecule has 0 radical (unpaired) electrons. The van der Waals surface area contributed by atoms with Gasteiger partial charge < -0.3 is 20.0 Å². The highest BCUT2D eigenvalue weighted by Crippen LogP contribution is 2.28. The molecular weight excluding hydrogens is 276 g/mol. The minimum Gasteiger partial charge on any atom is -0.465 e. The van der Waals surface area contributed by atoms with Crippen molar-refractivity contribution < 1.29 is 19.8 Å². The van der Waals surface area contributed by atoms with Crippen molar-refractivity contribution in [1.82, 2.24) is 19.6 Å². The number of amides is 2. The third-order valence-corrected chi connectivity index (χ3v) is 4.15. The van der Waals surface area contributed by atoms with Crippen molar-refractivity contribution in [3.05, 3.63) is 17.0 Å². The van der Waals surface area contributed by atoms with E-state index >= 15 is 0 Å². The van der Waals surface area contributed by atoms with E-state index in [0.29, 0.717) is 17.7 Å². The Morgan fingerprint density at radius 2 is 2.10 bits per heavy atom. The summed E-state index contributed by atoms with van der Waals surface area (Å²) in [5.74, 6) is -0.222. The van der Waals surface area contributed by atoms with Crippen LogP contribution in [0.1, 0.15) is 28.7 Å². The Bertz CT molecular complexity index is 612. The molecule has 2 aliphatic heterocycles. The molecule has 3 rings (SSSR count). The number of aliphatic hydroxyl groups excluding tert-OH is 1. The molecule has 0 saturated carbocycles. The first-order chi connectivity index (χ1) is 9.88. The predicted molar refractivity (Wildman–Crippen MR) is 71.9 cm³/mol. The van der Waals surface area contributed by atoms with Crippen molar-refractivity contribution in [3.8, 4) is 0 Å². The summed E-state index contributed by atoms with van der Waals surface area (Å²) in [5.41, 5.74) is 1.83. The van der Waals surface area contributed by atoms with Gasteiger partial charge in [-0.2, -0.15) is 5.10 Å². The highest BCUT2D eigenvalue weighted by Gasteiger charge is 2.36. The predicted octanol–water partition coefficient (Wildman–Crippen LogP) is -0.246. The number of carbonyl (C=O) groups excluding carboxylic acids is 1. The van der Waals surface area contributed by atoms with Crippen molar-refractivity contribution in [2.45, 2.75) is 38.6 Å². The minimum atomic E-state index is -0.998. The Kier molecular flexibility index (Phi) is 3.12. The second kappa shape index (κ2) is 4.73. The van der Waals surface area contributed by atoms with E-state index in [1.54, 1.807) is 7.05 Å². The minimum absolute atomic E-state index is 0.164. The average molecular weight is 294 g/mol. The van der Waals surface area contributed by atoms with Gasteiger partial charge in [0.05, 0.1) is 24.9 Å². The molecule has 0 spiro atoms. The molecule has 8 nitrogen and oxygen atoms in total. The van der Waals surface area contributed by atoms with Crippen molar-refractivity contribution in [2.75, 3.05) is 13.6 Å². The van der Waals surface area contributed by atoms with E-state index in [0.717, 1.165) is 5.69 Å². The molecule has 0 fully saturated rings. The second-order valence-corrected chi connectivity index (χ2v) is 5.76. The van der Waals surface area contributed by atoms with Crippen LogP contribution >= 0.6 is 0 Å². The third kappa shape index (κ3) is 2.15. The smallest absolute Gasteiger partial charge is 0.407 e. The van der Waals surface area contributed by atoms with E-state index in [1.807, 2.05) is 6.92 Å². The number of carbonyl (C=O) groups is 2. The van der Waals surface area contributed by atoms with Gasteiger partial charge in [-0.25, -0.2) is 4.79 Å². The maximum atomic E-state index is 12.5. The molecule has 0 unspecified atom stereocenters. The number of likely N-dealkylation sites (N-methyl/N-ethyl adjacent to an activating group) is 1. The van der Waals surface area contributed by atoms with E-state index < -0.39 is 12.2 Å². The molecule has 2 atom stereocenters. The maximum absolute atomic E-state index is 12.5. The highest BCUT2D eigenvalue weighted by molar-refractivity contribution is 5.94. The van der Waals surface area contributed by atoms with Crippen LogP contribution in [0.5, 0.6) is 0 Å². The molecule has 0 aromatic carbocycles. The van der Waals surface area contributed by atoms with Crippen molar-refractivity contribution in [2.24, 2.45) is 0 Å². The fourth-order valence-electron chi connectivity index (χ4n) is 3.06. The lowest BCUT2D eigenvalue weighted by atomic mass is 10.00. The number of hydrogen-bond acceptors (Lipinski definition) is 4. The molecule has 0 saturated heterocycles. The van der Waals surface area contributed by atoms with Gasteiger partial charge in [0.25, 0.3) is 5.91 Å². The molecule has 1 aromatic heterocycles. The summed E-state index contributed by atoms with van der Waals surface area (Å²) in [6.07, 6.45) is -1.19. The van der Waals surface area contributed by atoms with Gasteiger partial charge in [-0.05, 0) is 6.92 Å². The summed E-state index contributed by atoms with van der Waals surface area (Å²) in [7, 11) is 1.63. The number of fused-ring (bicyclic) bond motifs is 3. The summed E-state index contributed by atoms with van der Waals surface area (Å²) in [5, 5.41) is 23.6. The van der Waals surface area contributed by atoms with Crippen LogP contribution in [0.15, 0.2) is 0 Å². The Morgan fingerprint density at radius 1 is 1.38 bits per heavy atom. The largest absolute Gasteiger partial charge is 0.465 e. The first kappa shape index (κ1) is 13.9. The standard InChI is InChI=1S/C13H18N4O4/c1-7-3-10-9(6-16(7)13(20)21)11-12(19)15(2)4-8(18)5-17(11)14-10/h7-8,18H,3-6H2,1-2H3,(H,20,21)/t7-,8+/m1/s1. The van der Waals surface area contributed by atoms with E-state index in [4.69, 9.17) is 0 Å². The van der Waals surface area contributed by atoms with Crippen LogP contribution in [0.3, 0.4) is 0 Å². The summed E-state index contributed by atoms with van der Waals surface area (Å²) in [6, 6.07) is -0.174. The molecule has 0 aliphatic carbocycles. The molecule has 2 aliphatic rings. The zero-order valence-corrected chi connectivity index (χ0v) is 12.0. The van der Waals surface area contributed by atoms with Crippen LogP contribution in [0.2, 0.25) is 0 Å². The lowest BCUT2D eigenvalue weighted by Gasteiger charge is -2.30. The van der Waals surface area contributed by atoms with Gasteiger partial charge >= 0.3 is 6.09 Å². The van der Waals surface area contributed by atoms with Gasteiger partial charge in [-0.3, -0.25) is 9.48 Å². The Morgan fingerprint density at radius 3 is 2.76 bits per heavy atom. The summed E-state index contributed by atoms with van der Waals surface area (Å²) in [4.78, 5) is 26.5. The molecule has 2 amide bonds. The molecule has 0 bridgehead atoms. The van der Waals surface area contributed by atoms with Crippen LogP contribution in [-0.2, 0) is 19.5 Å². The average Bonchev–Trinajstić information content (AvgIpc) is 2.67. The van der Waals surface area contributed by atoms with Gasteiger partial charge in [0.1, 0.15) is 5.69 Å². The monoisotopic (exact) mass is 294 g/mol. The lowest BCUT2D eigenvalue weighted by Crippen LogP contribution is -2.42. The van der Waals surface area contributed by atoms with Crippen LogP contribution in [-0.4, -0.2) is 67.5 Å². The van der Waals surface area contributed by atoms with Crippen LogP contribution in [0.4, 0.5) is 4.79 Å². The Hall–Kier alpha value is -2.09. The number of carboxylic acid groups (broad SMARTS) is 1. The topological polar surface area (TPSA) is 98.9 Å². The zero-order valence-electron chi connectivity index (χ0n) is 12.0. The summed E-state index contributed by atoms with van der Waals surface area (Å²) >= 11 is 0. The molecule has 1 aromatic rings. The third-order valence-electron chi connectivity index (χ3n) is 4.15. The van der Waals surface area contributed by atoms with Gasteiger partial charge in [-0.15, -0.1) is 0 Å². The first-order valence-electron chi connectivity index (χ1n) is 6.90. The van der Waals surface area contributed by atoms with Crippen molar-refractivity contribution in [3.63, 3.8) is 0 Å². The van der Waals surface area contributed by atoms with Crippen LogP contribution in [0, 0.1) is 0 Å². The summed E-state index contributed by atoms with van der Waals surface area (Å²) in [6.45, 7) is 2.48. The van der Waals surface area contributed by atoms with Gasteiger partial charge in [-0.1, -0.05) is 0 Å². The molecule has 8 heteroatoms. The molecule has 114 valence electrons. The number of nitrogens with zero attached hydrogens (tertiary/aromatic N) is 4. The SMILES string of the molecule is C[C@@H]1Cc2nn3c(c2CN1C(=O)O)C(=O)N(C)C[C@H](O)C3. The number of aliphatic hydroxyl groups is 1. The molecule has 3 heterocycles. The number of hydrogen-bond donors (Lipinski definition) is 2. The molecular formula is C13H18N4O4. The fourth-order valence-corrected chi connectivity index (χ4v) is 3.06. The Labute approximate surface area is 121 Å². The Balaban J connectivity index is 2.07. The van der Waals surface area contributed by atoms with E-state index in [2.05, 4.69) is 5.10 Å². The quantitative estimate of drug-likeness (QED) is 0.687. The maximum Gasteiger partial charge on any atom is 0.407 e. The molecule has 2 N–H and O–H groups in total. The van der Waals surface area contributed by atoms with E-state index in [1.165, 1.54) is 14.5 Å². The fraction of sp³-hybridized carbons (Fsp3) is 0.615. The normalized spacial score (nSPS) is 25.4. The summed E-state index contributed by atoms with van der Waals surface area (Å²) < 4.78 is 1.53. The van der Waals surface area contributed by atoms with Crippen molar-refractivity contribution in [1.29, 1.82) is 0 Å². The van der Waals surface area contributed by atoms with Gasteiger partial charge in [0.15, 0.2) is 0 Å².